The fraction of sp³-hybridized carbons (Fsp3) is 0.385. The number of morpholine rings is 1. The Balaban J connectivity index is 2.26. The van der Waals surface area contributed by atoms with Gasteiger partial charge in [0.15, 0.2) is 0 Å². The van der Waals surface area contributed by atoms with Gasteiger partial charge in [0.2, 0.25) is 0 Å². The standard InChI is InChI=1S/C13H15F2NO2/c1-17-5-2-11-12(14)8-10(9-13(11)15)16-3-6-18-7-4-16/h2,5,8-9H,3-4,6-7H2,1H3. The Morgan fingerprint density at radius 3 is 2.39 bits per heavy atom. The summed E-state index contributed by atoms with van der Waals surface area (Å²) in [6, 6.07) is 2.67. The van der Waals surface area contributed by atoms with E-state index < -0.39 is 11.6 Å². The van der Waals surface area contributed by atoms with Gasteiger partial charge in [-0.05, 0) is 18.2 Å². The third-order valence-electron chi connectivity index (χ3n) is 2.81. The zero-order chi connectivity index (χ0) is 13.0. The van der Waals surface area contributed by atoms with Crippen LogP contribution in [0.5, 0.6) is 0 Å². The Morgan fingerprint density at radius 2 is 1.83 bits per heavy atom. The number of methoxy groups -OCH3 is 1. The van der Waals surface area contributed by atoms with Gasteiger partial charge in [0.05, 0.1) is 26.6 Å². The van der Waals surface area contributed by atoms with Gasteiger partial charge in [-0.1, -0.05) is 0 Å². The van der Waals surface area contributed by atoms with E-state index in [9.17, 15) is 8.78 Å². The van der Waals surface area contributed by atoms with Crippen molar-refractivity contribution >= 4 is 11.8 Å². The molecular formula is C13H15F2NO2. The third-order valence-corrected chi connectivity index (χ3v) is 2.81. The molecule has 0 aliphatic carbocycles. The van der Waals surface area contributed by atoms with E-state index in [0.717, 1.165) is 0 Å². The summed E-state index contributed by atoms with van der Waals surface area (Å²) in [6.45, 7) is 2.45. The summed E-state index contributed by atoms with van der Waals surface area (Å²) < 4.78 is 37.4. The molecule has 0 spiro atoms. The molecule has 3 nitrogen and oxygen atoms in total. The van der Waals surface area contributed by atoms with E-state index in [4.69, 9.17) is 4.74 Å². The molecule has 18 heavy (non-hydrogen) atoms. The average molecular weight is 255 g/mol. The van der Waals surface area contributed by atoms with Gasteiger partial charge in [-0.2, -0.15) is 0 Å². The van der Waals surface area contributed by atoms with E-state index in [-0.39, 0.29) is 5.56 Å². The number of hydrogen-bond donors (Lipinski definition) is 0. The van der Waals surface area contributed by atoms with Gasteiger partial charge in [-0.15, -0.1) is 0 Å². The summed E-state index contributed by atoms with van der Waals surface area (Å²) in [6.07, 6.45) is 2.52. The first-order chi connectivity index (χ1) is 8.72. The summed E-state index contributed by atoms with van der Waals surface area (Å²) in [5.74, 6) is -1.19. The monoisotopic (exact) mass is 255 g/mol. The Hall–Kier alpha value is -1.62. The zero-order valence-corrected chi connectivity index (χ0v) is 10.2. The number of hydrogen-bond acceptors (Lipinski definition) is 3. The molecule has 0 radical (unpaired) electrons. The van der Waals surface area contributed by atoms with E-state index in [1.165, 1.54) is 31.6 Å². The fourth-order valence-electron chi connectivity index (χ4n) is 1.87. The van der Waals surface area contributed by atoms with Gasteiger partial charge in [0.25, 0.3) is 0 Å². The minimum atomic E-state index is -0.593. The predicted octanol–water partition coefficient (Wildman–Crippen LogP) is 2.42. The largest absolute Gasteiger partial charge is 0.504 e. The van der Waals surface area contributed by atoms with Crippen molar-refractivity contribution in [3.8, 4) is 0 Å². The molecule has 1 aliphatic rings. The molecule has 1 aromatic carbocycles. The molecule has 0 atom stereocenters. The SMILES string of the molecule is COC=Cc1c(F)cc(N2CCOCC2)cc1F. The van der Waals surface area contributed by atoms with Crippen LogP contribution >= 0.6 is 0 Å². The predicted molar refractivity (Wildman–Crippen MR) is 65.4 cm³/mol. The lowest BCUT2D eigenvalue weighted by molar-refractivity contribution is 0.122. The van der Waals surface area contributed by atoms with Gasteiger partial charge in [0.1, 0.15) is 11.6 Å². The minimum Gasteiger partial charge on any atom is -0.504 e. The molecule has 1 saturated heterocycles. The summed E-state index contributed by atoms with van der Waals surface area (Å²) in [5.41, 5.74) is 0.455. The molecule has 1 aliphatic heterocycles. The smallest absolute Gasteiger partial charge is 0.135 e. The maximum absolute atomic E-state index is 13.8. The number of anilines is 1. The van der Waals surface area contributed by atoms with Crippen LogP contribution in [0.15, 0.2) is 18.4 Å². The van der Waals surface area contributed by atoms with E-state index in [1.54, 1.807) is 0 Å². The lowest BCUT2D eigenvalue weighted by Crippen LogP contribution is -2.36. The molecule has 5 heteroatoms. The second-order valence-corrected chi connectivity index (χ2v) is 3.96. The summed E-state index contributed by atoms with van der Waals surface area (Å²) in [4.78, 5) is 1.90. The Kier molecular flexibility index (Phi) is 4.15. The normalized spacial score (nSPS) is 16.3. The van der Waals surface area contributed by atoms with Crippen LogP contribution in [0, 0.1) is 11.6 Å². The van der Waals surface area contributed by atoms with Gasteiger partial charge < -0.3 is 14.4 Å². The fourth-order valence-corrected chi connectivity index (χ4v) is 1.87. The van der Waals surface area contributed by atoms with Crippen molar-refractivity contribution in [3.63, 3.8) is 0 Å². The van der Waals surface area contributed by atoms with Crippen LogP contribution in [-0.4, -0.2) is 33.4 Å². The second kappa shape index (κ2) is 5.82. The minimum absolute atomic E-state index is 0.0890. The van der Waals surface area contributed by atoms with Crippen molar-refractivity contribution in [3.05, 3.63) is 35.6 Å². The Bertz CT molecular complexity index is 420. The van der Waals surface area contributed by atoms with E-state index >= 15 is 0 Å². The maximum atomic E-state index is 13.8. The van der Waals surface area contributed by atoms with E-state index in [1.807, 2.05) is 4.90 Å². The maximum Gasteiger partial charge on any atom is 0.135 e. The summed E-state index contributed by atoms with van der Waals surface area (Å²) >= 11 is 0. The van der Waals surface area contributed by atoms with Gasteiger partial charge >= 0.3 is 0 Å². The quantitative estimate of drug-likeness (QED) is 0.774. The molecular weight excluding hydrogens is 240 g/mol. The first-order valence-electron chi connectivity index (χ1n) is 5.73. The van der Waals surface area contributed by atoms with Crippen LogP contribution in [0.2, 0.25) is 0 Å². The molecule has 0 aromatic heterocycles. The van der Waals surface area contributed by atoms with Crippen LogP contribution in [0.1, 0.15) is 5.56 Å². The lowest BCUT2D eigenvalue weighted by atomic mass is 10.1. The van der Waals surface area contributed by atoms with Crippen molar-refractivity contribution in [1.29, 1.82) is 0 Å². The third kappa shape index (κ3) is 2.79. The van der Waals surface area contributed by atoms with E-state index in [0.29, 0.717) is 32.0 Å². The van der Waals surface area contributed by atoms with E-state index in [2.05, 4.69) is 4.74 Å². The van der Waals surface area contributed by atoms with Crippen molar-refractivity contribution in [1.82, 2.24) is 0 Å². The highest BCUT2D eigenvalue weighted by Gasteiger charge is 2.15. The second-order valence-electron chi connectivity index (χ2n) is 3.96. The molecule has 0 bridgehead atoms. The Morgan fingerprint density at radius 1 is 1.22 bits per heavy atom. The Labute approximate surface area is 105 Å². The number of rotatable bonds is 3. The first kappa shape index (κ1) is 12.8. The van der Waals surface area contributed by atoms with Gasteiger partial charge in [-0.25, -0.2) is 8.78 Å². The number of halogens is 2. The molecule has 0 amide bonds. The number of ether oxygens (including phenoxy) is 2. The average Bonchev–Trinajstić information content (AvgIpc) is 2.39. The molecule has 0 unspecified atom stereocenters. The highest BCUT2D eigenvalue weighted by molar-refractivity contribution is 5.57. The molecule has 2 rings (SSSR count). The van der Waals surface area contributed by atoms with Crippen LogP contribution < -0.4 is 4.90 Å². The van der Waals surface area contributed by atoms with Crippen molar-refractivity contribution in [2.45, 2.75) is 0 Å². The van der Waals surface area contributed by atoms with Gasteiger partial charge in [-0.3, -0.25) is 0 Å². The van der Waals surface area contributed by atoms with Crippen molar-refractivity contribution in [2.75, 3.05) is 38.3 Å². The van der Waals surface area contributed by atoms with Crippen LogP contribution in [0.3, 0.4) is 0 Å². The molecule has 0 N–H and O–H groups in total. The van der Waals surface area contributed by atoms with Gasteiger partial charge in [0, 0.05) is 24.3 Å². The first-order valence-corrected chi connectivity index (χ1v) is 5.73. The number of nitrogens with zero attached hydrogens (tertiary/aromatic N) is 1. The molecule has 1 fully saturated rings. The van der Waals surface area contributed by atoms with Crippen LogP contribution in [0.25, 0.3) is 6.08 Å². The van der Waals surface area contributed by atoms with Crippen molar-refractivity contribution < 1.29 is 18.3 Å². The van der Waals surface area contributed by atoms with Crippen molar-refractivity contribution in [2.24, 2.45) is 0 Å². The molecule has 1 aromatic rings. The highest BCUT2D eigenvalue weighted by atomic mass is 19.1. The molecule has 1 heterocycles. The summed E-state index contributed by atoms with van der Waals surface area (Å²) in [5, 5.41) is 0. The van der Waals surface area contributed by atoms with Crippen LogP contribution in [-0.2, 0) is 9.47 Å². The number of benzene rings is 1. The zero-order valence-electron chi connectivity index (χ0n) is 10.2. The molecule has 0 saturated carbocycles. The highest BCUT2D eigenvalue weighted by Crippen LogP contribution is 2.23. The lowest BCUT2D eigenvalue weighted by Gasteiger charge is -2.29. The molecule has 98 valence electrons. The van der Waals surface area contributed by atoms with Crippen LogP contribution in [0.4, 0.5) is 14.5 Å². The topological polar surface area (TPSA) is 21.7 Å². The summed E-state index contributed by atoms with van der Waals surface area (Å²) in [7, 11) is 1.43.